The smallest absolute Gasteiger partial charge is 0.253 e. The number of benzene rings is 3. The molecule has 3 heterocycles. The molecule has 0 radical (unpaired) electrons. The van der Waals surface area contributed by atoms with Crippen LogP contribution in [0.15, 0.2) is 96.0 Å². The zero-order valence-corrected chi connectivity index (χ0v) is 25.1. The third-order valence-corrected chi connectivity index (χ3v) is 9.24. The predicted molar refractivity (Wildman–Crippen MR) is 165 cm³/mol. The van der Waals surface area contributed by atoms with E-state index in [0.29, 0.717) is 0 Å². The lowest BCUT2D eigenvalue weighted by atomic mass is 9.56. The molecule has 0 aliphatic carbocycles. The highest BCUT2D eigenvalue weighted by molar-refractivity contribution is 6.20. The van der Waals surface area contributed by atoms with Crippen molar-refractivity contribution in [3.05, 3.63) is 108 Å². The van der Waals surface area contributed by atoms with Gasteiger partial charge >= 0.3 is 0 Å². The van der Waals surface area contributed by atoms with Crippen molar-refractivity contribution in [2.45, 2.75) is 55.4 Å². The number of carbonyl (C=O) groups is 2. The minimum Gasteiger partial charge on any atom is -0.394 e. The summed E-state index contributed by atoms with van der Waals surface area (Å²) >= 11 is 0. The molecule has 44 heavy (non-hydrogen) atoms. The third-order valence-electron chi connectivity index (χ3n) is 9.24. The molecule has 0 aromatic heterocycles. The van der Waals surface area contributed by atoms with E-state index in [0.717, 1.165) is 16.7 Å². The van der Waals surface area contributed by atoms with Crippen molar-refractivity contribution in [2.75, 3.05) is 20.3 Å². The summed E-state index contributed by atoms with van der Waals surface area (Å²) in [6.45, 7) is 3.23. The van der Waals surface area contributed by atoms with Gasteiger partial charge in [0.1, 0.15) is 18.2 Å². The second-order valence-corrected chi connectivity index (χ2v) is 12.2. The maximum Gasteiger partial charge on any atom is 0.253 e. The monoisotopic (exact) mass is 597 g/mol. The van der Waals surface area contributed by atoms with Gasteiger partial charge in [-0.2, -0.15) is 0 Å². The molecule has 3 unspecified atom stereocenters. The molecular weight excluding hydrogens is 558 g/mol. The Balaban J connectivity index is 1.73. The Morgan fingerprint density at radius 2 is 1.52 bits per heavy atom. The first-order valence-corrected chi connectivity index (χ1v) is 15.0. The number of hydrogen-bond donors (Lipinski definition) is 4. The number of ketones is 1. The van der Waals surface area contributed by atoms with Crippen molar-refractivity contribution < 1.29 is 24.5 Å². The molecule has 3 aliphatic rings. The molecule has 3 aliphatic heterocycles. The van der Waals surface area contributed by atoms with Crippen LogP contribution in [0.1, 0.15) is 37.0 Å². The molecule has 5 atom stereocenters. The van der Waals surface area contributed by atoms with E-state index in [1.807, 2.05) is 108 Å². The van der Waals surface area contributed by atoms with Crippen LogP contribution in [0.3, 0.4) is 0 Å². The van der Waals surface area contributed by atoms with Crippen molar-refractivity contribution >= 4 is 17.5 Å². The zero-order chi connectivity index (χ0) is 31.3. The van der Waals surface area contributed by atoms with E-state index in [1.54, 1.807) is 13.8 Å². The summed E-state index contributed by atoms with van der Waals surface area (Å²) in [6, 6.07) is 29.4. The van der Waals surface area contributed by atoms with Crippen LogP contribution in [0.25, 0.3) is 0 Å². The summed E-state index contributed by atoms with van der Waals surface area (Å²) in [6.07, 6.45) is -2.30. The Hall–Kier alpha value is -3.93. The van der Waals surface area contributed by atoms with E-state index >= 15 is 4.79 Å². The highest BCUT2D eigenvalue weighted by Gasteiger charge is 2.72. The van der Waals surface area contributed by atoms with Crippen LogP contribution in [0.5, 0.6) is 0 Å². The van der Waals surface area contributed by atoms with Gasteiger partial charge in [0.15, 0.2) is 11.3 Å². The molecule has 2 saturated heterocycles. The second-order valence-electron chi connectivity index (χ2n) is 12.2. The molecule has 0 bridgehead atoms. The molecule has 0 saturated carbocycles. The lowest BCUT2D eigenvalue weighted by molar-refractivity contribution is -0.139. The summed E-state index contributed by atoms with van der Waals surface area (Å²) in [5.41, 5.74) is 6.41. The first-order valence-electron chi connectivity index (χ1n) is 15.0. The normalized spacial score (nSPS) is 29.0. The third kappa shape index (κ3) is 4.24. The van der Waals surface area contributed by atoms with Crippen LogP contribution in [0.4, 0.5) is 0 Å². The van der Waals surface area contributed by atoms with Crippen LogP contribution < -0.4 is 11.1 Å². The summed E-state index contributed by atoms with van der Waals surface area (Å²) in [4.78, 5) is 37.6. The number of aliphatic hydroxyl groups is 2. The topological polar surface area (TPSA) is 141 Å². The van der Waals surface area contributed by atoms with Gasteiger partial charge in [-0.1, -0.05) is 105 Å². The molecule has 6 rings (SSSR count). The van der Waals surface area contributed by atoms with E-state index in [2.05, 4.69) is 5.32 Å². The van der Waals surface area contributed by atoms with Crippen LogP contribution in [-0.2, 0) is 19.7 Å². The number of nitrogens with zero attached hydrogens (tertiary/aromatic N) is 3. The number of ether oxygens (including phenoxy) is 1. The Morgan fingerprint density at radius 1 is 1.02 bits per heavy atom. The lowest BCUT2D eigenvalue weighted by Crippen LogP contribution is -2.79. The van der Waals surface area contributed by atoms with E-state index in [1.165, 1.54) is 0 Å². The molecule has 5 N–H and O–H groups in total. The van der Waals surface area contributed by atoms with Crippen LogP contribution in [0, 0.1) is 5.92 Å². The number of likely N-dealkylation sites (N-methyl/N-ethyl adjacent to an activating group) is 1. The molecule has 10 nitrogen and oxygen atoms in total. The van der Waals surface area contributed by atoms with Crippen LogP contribution in [-0.4, -0.2) is 87.6 Å². The lowest BCUT2D eigenvalue weighted by Gasteiger charge is -2.54. The fourth-order valence-electron chi connectivity index (χ4n) is 7.33. The summed E-state index contributed by atoms with van der Waals surface area (Å²) in [7, 11) is 1.85. The number of rotatable bonds is 8. The van der Waals surface area contributed by atoms with Crippen molar-refractivity contribution in [1.82, 2.24) is 15.1 Å². The highest BCUT2D eigenvalue weighted by atomic mass is 16.5. The molecule has 0 spiro atoms. The number of aliphatic imine (C=N–C) groups is 1. The molecule has 230 valence electrons. The highest BCUT2D eigenvalue weighted by Crippen LogP contribution is 2.55. The SMILES string of the molecule is CC(C)C(=O)C1(N)N=C2N([C@H]3CC(O)[C@@H](CO)O3)CN(C)C2(C(c2ccccc2)(c2ccccc2)c2ccccc2)C(=O)N1. The fraction of sp³-hybridized carbons (Fsp3) is 0.382. The van der Waals surface area contributed by atoms with Crippen molar-refractivity contribution in [1.29, 1.82) is 0 Å². The number of nitrogens with two attached hydrogens (primary N) is 1. The quantitative estimate of drug-likeness (QED) is 0.288. The average Bonchev–Trinajstić information content (AvgIpc) is 3.55. The van der Waals surface area contributed by atoms with Gasteiger partial charge in [0.05, 0.1) is 24.8 Å². The number of aliphatic hydroxyl groups excluding tert-OH is 2. The summed E-state index contributed by atoms with van der Waals surface area (Å²) in [5.74, 6) is -3.22. The maximum absolute atomic E-state index is 15.2. The van der Waals surface area contributed by atoms with Gasteiger partial charge in [-0.05, 0) is 23.7 Å². The Labute approximate surface area is 257 Å². The van der Waals surface area contributed by atoms with Gasteiger partial charge in [-0.15, -0.1) is 0 Å². The number of nitrogens with one attached hydrogen (secondary N) is 1. The molecule has 3 aromatic carbocycles. The van der Waals surface area contributed by atoms with Crippen molar-refractivity contribution in [2.24, 2.45) is 16.6 Å². The predicted octanol–water partition coefficient (Wildman–Crippen LogP) is 1.80. The molecular formula is C34H39N5O5. The zero-order valence-electron chi connectivity index (χ0n) is 25.1. The summed E-state index contributed by atoms with van der Waals surface area (Å²) in [5, 5.41) is 23.5. The Morgan fingerprint density at radius 3 is 1.95 bits per heavy atom. The van der Waals surface area contributed by atoms with Gasteiger partial charge in [0.2, 0.25) is 5.79 Å². The van der Waals surface area contributed by atoms with Gasteiger partial charge in [-0.25, -0.2) is 4.99 Å². The van der Waals surface area contributed by atoms with Crippen molar-refractivity contribution in [3.63, 3.8) is 0 Å². The second kappa shape index (κ2) is 11.2. The number of amidine groups is 1. The van der Waals surface area contributed by atoms with Gasteiger partial charge in [-0.3, -0.25) is 20.2 Å². The molecule has 2 fully saturated rings. The molecule has 1 amide bonds. The van der Waals surface area contributed by atoms with Gasteiger partial charge in [0.25, 0.3) is 5.91 Å². The Bertz CT molecular complexity index is 1460. The maximum atomic E-state index is 15.2. The number of Topliss-reactive ketones (excluding diaryl/α,β-unsaturated/α-hetero) is 1. The fourth-order valence-corrected chi connectivity index (χ4v) is 7.33. The minimum absolute atomic E-state index is 0.167. The largest absolute Gasteiger partial charge is 0.394 e. The van der Waals surface area contributed by atoms with Crippen LogP contribution in [0.2, 0.25) is 0 Å². The van der Waals surface area contributed by atoms with E-state index < -0.39 is 52.8 Å². The van der Waals surface area contributed by atoms with Crippen LogP contribution >= 0.6 is 0 Å². The van der Waals surface area contributed by atoms with Gasteiger partial charge < -0.3 is 25.2 Å². The molecule has 3 aromatic rings. The number of amides is 1. The van der Waals surface area contributed by atoms with Crippen molar-refractivity contribution in [3.8, 4) is 0 Å². The first-order chi connectivity index (χ1) is 21.1. The number of carbonyl (C=O) groups excluding carboxylic acids is 2. The first kappa shape index (κ1) is 30.1. The summed E-state index contributed by atoms with van der Waals surface area (Å²) < 4.78 is 6.15. The van der Waals surface area contributed by atoms with E-state index in [4.69, 9.17) is 15.5 Å². The average molecular weight is 598 g/mol. The Kier molecular flexibility index (Phi) is 7.67. The van der Waals surface area contributed by atoms with E-state index in [9.17, 15) is 15.0 Å². The van der Waals surface area contributed by atoms with Gasteiger partial charge in [0, 0.05) is 12.3 Å². The van der Waals surface area contributed by atoms with E-state index in [-0.39, 0.29) is 25.5 Å². The standard InChI is InChI=1S/C34H39N5O5/c1-22(2)29(42)34(35)36-30-33(31(43)37-34,38(3)21-39(30)28-19-26(41)27(20-40)44-28)32(23-13-7-4-8-14-23,24-15-9-5-10-16-24)25-17-11-6-12-18-25/h4-18,22,26-28,40-41H,19-21,35H2,1-3H3,(H,37,43)/t26?,27-,28-,33?,34?/m1/s1. The number of fused-ring (bicyclic) bond motifs is 1. The minimum atomic E-state index is -2.03. The molecule has 10 heteroatoms. The number of hydrogen-bond acceptors (Lipinski definition) is 9.